The van der Waals surface area contributed by atoms with E-state index in [0.29, 0.717) is 32.7 Å². The van der Waals surface area contributed by atoms with Crippen molar-refractivity contribution in [2.75, 3.05) is 5.32 Å². The molecule has 1 heterocycles. The average Bonchev–Trinajstić information content (AvgIpc) is 3.24. The lowest BCUT2D eigenvalue weighted by atomic mass is 10.1. The summed E-state index contributed by atoms with van der Waals surface area (Å²) in [5.74, 6) is 0.242. The standard InChI is InChI=1S/C24H18ClN5O2S/c1-30-15-27-29-24(30)33-22-10-9-19(12-21(22)25)28-23(31)16-7-4-8-20(11-16)32-14-18-6-3-2-5-17(18)13-26/h2-12,15H,14H2,1H3,(H,28,31). The summed E-state index contributed by atoms with van der Waals surface area (Å²) in [6, 6.07) is 21.5. The molecule has 0 spiro atoms. The third-order valence-corrected chi connectivity index (χ3v) is 6.24. The maximum Gasteiger partial charge on any atom is 0.255 e. The van der Waals surface area contributed by atoms with Gasteiger partial charge in [0.2, 0.25) is 0 Å². The van der Waals surface area contributed by atoms with E-state index in [2.05, 4.69) is 21.6 Å². The number of halogens is 1. The van der Waals surface area contributed by atoms with Crippen LogP contribution in [0.4, 0.5) is 5.69 Å². The number of carbonyl (C=O) groups excluding carboxylic acids is 1. The number of rotatable bonds is 7. The molecule has 0 atom stereocenters. The van der Waals surface area contributed by atoms with E-state index in [9.17, 15) is 10.1 Å². The Morgan fingerprint density at radius 2 is 2.03 bits per heavy atom. The van der Waals surface area contributed by atoms with E-state index in [-0.39, 0.29) is 12.5 Å². The molecule has 1 N–H and O–H groups in total. The Bertz CT molecular complexity index is 1350. The minimum Gasteiger partial charge on any atom is -0.489 e. The van der Waals surface area contributed by atoms with E-state index in [1.807, 2.05) is 25.2 Å². The number of carbonyl (C=O) groups is 1. The minimum absolute atomic E-state index is 0.231. The van der Waals surface area contributed by atoms with E-state index < -0.39 is 0 Å². The summed E-state index contributed by atoms with van der Waals surface area (Å²) >= 11 is 7.79. The maximum absolute atomic E-state index is 12.8. The van der Waals surface area contributed by atoms with Gasteiger partial charge in [-0.2, -0.15) is 5.26 Å². The molecule has 0 aliphatic heterocycles. The lowest BCUT2D eigenvalue weighted by Gasteiger charge is -2.11. The van der Waals surface area contributed by atoms with Gasteiger partial charge in [0.25, 0.3) is 5.91 Å². The highest BCUT2D eigenvalue weighted by atomic mass is 35.5. The van der Waals surface area contributed by atoms with Crippen molar-refractivity contribution in [1.29, 1.82) is 5.26 Å². The number of hydrogen-bond donors (Lipinski definition) is 1. The topological polar surface area (TPSA) is 92.8 Å². The van der Waals surface area contributed by atoms with Crippen LogP contribution in [0.25, 0.3) is 0 Å². The zero-order valence-electron chi connectivity index (χ0n) is 17.5. The molecule has 1 aromatic heterocycles. The van der Waals surface area contributed by atoms with Gasteiger partial charge in [0, 0.05) is 28.8 Å². The van der Waals surface area contributed by atoms with E-state index in [0.717, 1.165) is 10.5 Å². The van der Waals surface area contributed by atoms with Gasteiger partial charge >= 0.3 is 0 Å². The smallest absolute Gasteiger partial charge is 0.255 e. The normalized spacial score (nSPS) is 10.5. The Kier molecular flexibility index (Phi) is 6.93. The largest absolute Gasteiger partial charge is 0.489 e. The molecule has 0 saturated carbocycles. The highest BCUT2D eigenvalue weighted by Gasteiger charge is 2.12. The van der Waals surface area contributed by atoms with Crippen molar-refractivity contribution >= 4 is 35.0 Å². The molecule has 0 aliphatic carbocycles. The van der Waals surface area contributed by atoms with Crippen LogP contribution < -0.4 is 10.1 Å². The number of ether oxygens (including phenoxy) is 1. The van der Waals surface area contributed by atoms with Crippen molar-refractivity contribution in [3.8, 4) is 11.8 Å². The van der Waals surface area contributed by atoms with Gasteiger partial charge in [0.05, 0.1) is 16.7 Å². The van der Waals surface area contributed by atoms with Crippen molar-refractivity contribution in [3.63, 3.8) is 0 Å². The molecule has 0 saturated heterocycles. The average molecular weight is 476 g/mol. The lowest BCUT2D eigenvalue weighted by Crippen LogP contribution is -2.12. The van der Waals surface area contributed by atoms with Crippen LogP contribution in [0.1, 0.15) is 21.5 Å². The summed E-state index contributed by atoms with van der Waals surface area (Å²) in [7, 11) is 1.85. The number of hydrogen-bond acceptors (Lipinski definition) is 6. The van der Waals surface area contributed by atoms with E-state index in [1.165, 1.54) is 11.8 Å². The third kappa shape index (κ3) is 5.52. The van der Waals surface area contributed by atoms with Crippen LogP contribution in [-0.4, -0.2) is 20.7 Å². The second-order valence-corrected chi connectivity index (χ2v) is 8.43. The van der Waals surface area contributed by atoms with Crippen LogP contribution in [0.5, 0.6) is 5.75 Å². The van der Waals surface area contributed by atoms with Crippen LogP contribution in [0.3, 0.4) is 0 Å². The predicted octanol–water partition coefficient (Wildman–Crippen LogP) is 5.32. The molecule has 0 fully saturated rings. The fourth-order valence-electron chi connectivity index (χ4n) is 2.97. The predicted molar refractivity (Wildman–Crippen MR) is 126 cm³/mol. The molecule has 4 rings (SSSR count). The molecule has 4 aromatic rings. The number of amides is 1. The Morgan fingerprint density at radius 3 is 2.79 bits per heavy atom. The first-order chi connectivity index (χ1) is 16.0. The van der Waals surface area contributed by atoms with Crippen molar-refractivity contribution < 1.29 is 9.53 Å². The molecule has 1 amide bonds. The fourth-order valence-corrected chi connectivity index (χ4v) is 4.04. The Hall–Kier alpha value is -3.80. The first-order valence-electron chi connectivity index (χ1n) is 9.87. The Morgan fingerprint density at radius 1 is 1.18 bits per heavy atom. The van der Waals surface area contributed by atoms with Gasteiger partial charge < -0.3 is 14.6 Å². The van der Waals surface area contributed by atoms with Crippen molar-refractivity contribution in [2.24, 2.45) is 7.05 Å². The zero-order valence-corrected chi connectivity index (χ0v) is 19.1. The lowest BCUT2D eigenvalue weighted by molar-refractivity contribution is 0.102. The number of nitrogens with zero attached hydrogens (tertiary/aromatic N) is 4. The molecule has 7 nitrogen and oxygen atoms in total. The van der Waals surface area contributed by atoms with E-state index in [1.54, 1.807) is 59.4 Å². The SMILES string of the molecule is Cn1cnnc1Sc1ccc(NC(=O)c2cccc(OCc3ccccc3C#N)c2)cc1Cl. The van der Waals surface area contributed by atoms with Crippen LogP contribution in [0, 0.1) is 11.3 Å². The summed E-state index contributed by atoms with van der Waals surface area (Å²) in [5, 5.41) is 21.2. The second kappa shape index (κ2) is 10.2. The number of benzene rings is 3. The summed E-state index contributed by atoms with van der Waals surface area (Å²) in [6.45, 7) is 0.231. The first-order valence-corrected chi connectivity index (χ1v) is 11.1. The van der Waals surface area contributed by atoms with E-state index in [4.69, 9.17) is 16.3 Å². The number of aromatic nitrogens is 3. The molecule has 3 aromatic carbocycles. The van der Waals surface area contributed by atoms with Crippen LogP contribution in [0.2, 0.25) is 5.02 Å². The number of anilines is 1. The number of nitriles is 1. The molecule has 0 unspecified atom stereocenters. The fraction of sp³-hybridized carbons (Fsp3) is 0.0833. The van der Waals surface area contributed by atoms with Crippen molar-refractivity contribution in [2.45, 2.75) is 16.7 Å². The first kappa shape index (κ1) is 22.4. The monoisotopic (exact) mass is 475 g/mol. The quantitative estimate of drug-likeness (QED) is 0.388. The molecule has 9 heteroatoms. The molecular weight excluding hydrogens is 458 g/mol. The Labute approximate surface area is 200 Å². The molecule has 0 aliphatic rings. The summed E-state index contributed by atoms with van der Waals surface area (Å²) in [5.41, 5.74) is 2.35. The van der Waals surface area contributed by atoms with Crippen LogP contribution in [0.15, 0.2) is 83.1 Å². The zero-order chi connectivity index (χ0) is 23.2. The van der Waals surface area contributed by atoms with Gasteiger partial charge in [0.1, 0.15) is 18.7 Å². The van der Waals surface area contributed by atoms with Gasteiger partial charge in [-0.1, -0.05) is 35.9 Å². The summed E-state index contributed by atoms with van der Waals surface area (Å²) < 4.78 is 7.60. The molecule has 33 heavy (non-hydrogen) atoms. The molecule has 0 radical (unpaired) electrons. The van der Waals surface area contributed by atoms with Gasteiger partial charge in [-0.15, -0.1) is 10.2 Å². The van der Waals surface area contributed by atoms with E-state index >= 15 is 0 Å². The Balaban J connectivity index is 1.42. The second-order valence-electron chi connectivity index (χ2n) is 7.01. The molecular formula is C24H18ClN5O2S. The van der Waals surface area contributed by atoms with Gasteiger partial charge in [-0.3, -0.25) is 4.79 Å². The number of aryl methyl sites for hydroxylation is 1. The highest BCUT2D eigenvalue weighted by Crippen LogP contribution is 2.33. The van der Waals surface area contributed by atoms with Crippen LogP contribution in [-0.2, 0) is 13.7 Å². The number of nitrogens with one attached hydrogen (secondary N) is 1. The van der Waals surface area contributed by atoms with Crippen LogP contribution >= 0.6 is 23.4 Å². The maximum atomic E-state index is 12.8. The van der Waals surface area contributed by atoms with Gasteiger partial charge in [0.15, 0.2) is 5.16 Å². The molecule has 0 bridgehead atoms. The molecule has 164 valence electrons. The van der Waals surface area contributed by atoms with Crippen molar-refractivity contribution in [1.82, 2.24) is 14.8 Å². The highest BCUT2D eigenvalue weighted by molar-refractivity contribution is 7.99. The summed E-state index contributed by atoms with van der Waals surface area (Å²) in [4.78, 5) is 13.6. The summed E-state index contributed by atoms with van der Waals surface area (Å²) in [6.07, 6.45) is 1.62. The third-order valence-electron chi connectivity index (χ3n) is 4.69. The van der Waals surface area contributed by atoms with Gasteiger partial charge in [-0.05, 0) is 54.2 Å². The van der Waals surface area contributed by atoms with Crippen molar-refractivity contribution in [3.05, 3.63) is 94.8 Å². The van der Waals surface area contributed by atoms with Gasteiger partial charge in [-0.25, -0.2) is 0 Å². The minimum atomic E-state index is -0.289.